The zero-order valence-electron chi connectivity index (χ0n) is 9.90. The van der Waals surface area contributed by atoms with Crippen molar-refractivity contribution in [1.29, 1.82) is 0 Å². The molecular formula is C12H14N2O4. The van der Waals surface area contributed by atoms with Crippen molar-refractivity contribution >= 4 is 17.8 Å². The molecule has 6 heteroatoms. The van der Waals surface area contributed by atoms with E-state index in [0.29, 0.717) is 5.56 Å². The van der Waals surface area contributed by atoms with Crippen molar-refractivity contribution in [3.05, 3.63) is 35.4 Å². The molecule has 0 saturated carbocycles. The highest BCUT2D eigenvalue weighted by molar-refractivity contribution is 5.92. The molecule has 0 fully saturated rings. The van der Waals surface area contributed by atoms with Crippen LogP contribution in [-0.4, -0.2) is 36.5 Å². The Balaban J connectivity index is 2.65. The van der Waals surface area contributed by atoms with E-state index in [1.165, 1.54) is 13.1 Å². The highest BCUT2D eigenvalue weighted by Gasteiger charge is 2.12. The molecule has 0 heterocycles. The van der Waals surface area contributed by atoms with Gasteiger partial charge in [-0.25, -0.2) is 4.79 Å². The van der Waals surface area contributed by atoms with Gasteiger partial charge in [0.25, 0.3) is 0 Å². The topological polar surface area (TPSA) is 95.5 Å². The first-order valence-corrected chi connectivity index (χ1v) is 5.33. The molecule has 1 rings (SSSR count). The minimum Gasteiger partial charge on any atom is -0.478 e. The summed E-state index contributed by atoms with van der Waals surface area (Å²) in [7, 11) is 1.47. The molecule has 0 radical (unpaired) electrons. The number of carboxylic acid groups (broad SMARTS) is 1. The van der Waals surface area contributed by atoms with Crippen molar-refractivity contribution in [3.63, 3.8) is 0 Å². The zero-order valence-corrected chi connectivity index (χ0v) is 9.90. The molecule has 0 aliphatic rings. The van der Waals surface area contributed by atoms with Gasteiger partial charge in [0, 0.05) is 7.05 Å². The molecule has 96 valence electrons. The Labute approximate surface area is 104 Å². The molecular weight excluding hydrogens is 236 g/mol. The van der Waals surface area contributed by atoms with Crippen molar-refractivity contribution < 1.29 is 19.5 Å². The third kappa shape index (κ3) is 3.89. The monoisotopic (exact) mass is 250 g/mol. The lowest BCUT2D eigenvalue weighted by atomic mass is 10.0. The maximum Gasteiger partial charge on any atom is 0.335 e. The highest BCUT2D eigenvalue weighted by atomic mass is 16.4. The van der Waals surface area contributed by atoms with Crippen molar-refractivity contribution in [2.24, 2.45) is 0 Å². The predicted octanol–water partition coefficient (Wildman–Crippen LogP) is -0.210. The number of carbonyl (C=O) groups is 3. The second-order valence-corrected chi connectivity index (χ2v) is 3.59. The van der Waals surface area contributed by atoms with E-state index in [9.17, 15) is 14.4 Å². The Morgan fingerprint density at radius 2 is 1.83 bits per heavy atom. The Morgan fingerprint density at radius 1 is 1.17 bits per heavy atom. The van der Waals surface area contributed by atoms with Crippen LogP contribution in [0.2, 0.25) is 0 Å². The van der Waals surface area contributed by atoms with E-state index in [-0.39, 0.29) is 24.4 Å². The summed E-state index contributed by atoms with van der Waals surface area (Å²) in [6.45, 7) is -0.120. The Morgan fingerprint density at radius 3 is 2.44 bits per heavy atom. The van der Waals surface area contributed by atoms with Gasteiger partial charge in [-0.3, -0.25) is 9.59 Å². The molecule has 1 aromatic carbocycles. The van der Waals surface area contributed by atoms with Crippen LogP contribution in [0.5, 0.6) is 0 Å². The number of likely N-dealkylation sites (N-methyl/N-ethyl adjacent to an activating group) is 1. The van der Waals surface area contributed by atoms with E-state index >= 15 is 0 Å². The molecule has 0 bridgehead atoms. The van der Waals surface area contributed by atoms with E-state index in [0.717, 1.165) is 0 Å². The summed E-state index contributed by atoms with van der Waals surface area (Å²) in [6, 6.07) is 6.26. The van der Waals surface area contributed by atoms with Gasteiger partial charge in [-0.2, -0.15) is 0 Å². The summed E-state index contributed by atoms with van der Waals surface area (Å²) in [6.07, 6.45) is -0.0700. The van der Waals surface area contributed by atoms with Gasteiger partial charge in [-0.15, -0.1) is 0 Å². The quantitative estimate of drug-likeness (QED) is 0.673. The normalized spacial score (nSPS) is 9.61. The fraction of sp³-hybridized carbons (Fsp3) is 0.250. The van der Waals surface area contributed by atoms with Crippen LogP contribution in [0.4, 0.5) is 0 Å². The van der Waals surface area contributed by atoms with Crippen LogP contribution in [-0.2, 0) is 16.0 Å². The molecule has 0 spiro atoms. The summed E-state index contributed by atoms with van der Waals surface area (Å²) in [5.41, 5.74) is 0.506. The molecule has 18 heavy (non-hydrogen) atoms. The molecule has 2 amide bonds. The van der Waals surface area contributed by atoms with Gasteiger partial charge in [-0.1, -0.05) is 18.2 Å². The van der Waals surface area contributed by atoms with Gasteiger partial charge >= 0.3 is 5.97 Å². The summed E-state index contributed by atoms with van der Waals surface area (Å²) in [4.78, 5) is 33.4. The maximum absolute atomic E-state index is 11.5. The first-order chi connectivity index (χ1) is 8.54. The van der Waals surface area contributed by atoms with Crippen LogP contribution in [0.15, 0.2) is 24.3 Å². The zero-order chi connectivity index (χ0) is 13.5. The van der Waals surface area contributed by atoms with Gasteiger partial charge in [0.1, 0.15) is 0 Å². The first-order valence-electron chi connectivity index (χ1n) is 5.33. The van der Waals surface area contributed by atoms with Crippen LogP contribution in [0.25, 0.3) is 0 Å². The van der Waals surface area contributed by atoms with Gasteiger partial charge in [-0.05, 0) is 11.6 Å². The van der Waals surface area contributed by atoms with Crippen molar-refractivity contribution in [2.45, 2.75) is 6.42 Å². The standard InChI is InChI=1S/C12H14N2O4/c1-13-11(16)7-14-10(15)6-8-4-2-3-5-9(8)12(17)18/h2-5H,6-7H2,1H3,(H,13,16)(H,14,15)(H,17,18). The number of aromatic carboxylic acids is 1. The number of rotatable bonds is 5. The fourth-order valence-electron chi connectivity index (χ4n) is 1.39. The van der Waals surface area contributed by atoms with Crippen molar-refractivity contribution in [1.82, 2.24) is 10.6 Å². The van der Waals surface area contributed by atoms with Gasteiger partial charge in [0.2, 0.25) is 11.8 Å². The number of hydrogen-bond acceptors (Lipinski definition) is 3. The molecule has 0 aliphatic carbocycles. The first kappa shape index (κ1) is 13.7. The van der Waals surface area contributed by atoms with Gasteiger partial charge < -0.3 is 15.7 Å². The second-order valence-electron chi connectivity index (χ2n) is 3.59. The van der Waals surface area contributed by atoms with Crippen molar-refractivity contribution in [3.8, 4) is 0 Å². The number of amides is 2. The van der Waals surface area contributed by atoms with E-state index in [1.807, 2.05) is 0 Å². The predicted molar refractivity (Wildman–Crippen MR) is 64.2 cm³/mol. The van der Waals surface area contributed by atoms with Crippen LogP contribution in [0, 0.1) is 0 Å². The lowest BCUT2D eigenvalue weighted by molar-refractivity contribution is -0.125. The van der Waals surface area contributed by atoms with E-state index in [1.54, 1.807) is 18.2 Å². The number of hydrogen-bond donors (Lipinski definition) is 3. The molecule has 1 aromatic rings. The molecule has 0 unspecified atom stereocenters. The third-order valence-electron chi connectivity index (χ3n) is 2.32. The lowest BCUT2D eigenvalue weighted by Crippen LogP contribution is -2.36. The average molecular weight is 250 g/mol. The maximum atomic E-state index is 11.5. The Kier molecular flexibility index (Phi) is 4.86. The molecule has 3 N–H and O–H groups in total. The molecule has 0 aliphatic heterocycles. The van der Waals surface area contributed by atoms with Crippen LogP contribution < -0.4 is 10.6 Å². The molecule has 0 aromatic heterocycles. The molecule has 0 saturated heterocycles. The summed E-state index contributed by atoms with van der Waals surface area (Å²) >= 11 is 0. The summed E-state index contributed by atoms with van der Waals surface area (Å²) in [5, 5.41) is 13.7. The minimum absolute atomic E-state index is 0.0700. The minimum atomic E-state index is -1.08. The lowest BCUT2D eigenvalue weighted by Gasteiger charge is -2.06. The van der Waals surface area contributed by atoms with E-state index in [2.05, 4.69) is 10.6 Å². The highest BCUT2D eigenvalue weighted by Crippen LogP contribution is 2.09. The van der Waals surface area contributed by atoms with Crippen LogP contribution >= 0.6 is 0 Å². The number of nitrogens with one attached hydrogen (secondary N) is 2. The molecule has 0 atom stereocenters. The SMILES string of the molecule is CNC(=O)CNC(=O)Cc1ccccc1C(=O)O. The van der Waals surface area contributed by atoms with E-state index < -0.39 is 11.9 Å². The van der Waals surface area contributed by atoms with Gasteiger partial charge in [0.15, 0.2) is 0 Å². The third-order valence-corrected chi connectivity index (χ3v) is 2.32. The Hall–Kier alpha value is -2.37. The largest absolute Gasteiger partial charge is 0.478 e. The van der Waals surface area contributed by atoms with Gasteiger partial charge in [0.05, 0.1) is 18.5 Å². The van der Waals surface area contributed by atoms with Crippen LogP contribution in [0.3, 0.4) is 0 Å². The fourth-order valence-corrected chi connectivity index (χ4v) is 1.39. The number of benzene rings is 1. The van der Waals surface area contributed by atoms with Crippen molar-refractivity contribution in [2.75, 3.05) is 13.6 Å². The second kappa shape index (κ2) is 6.39. The number of carboxylic acids is 1. The Bertz CT molecular complexity index is 471. The summed E-state index contributed by atoms with van der Waals surface area (Å²) in [5.74, 6) is -1.79. The summed E-state index contributed by atoms with van der Waals surface area (Å²) < 4.78 is 0. The van der Waals surface area contributed by atoms with E-state index in [4.69, 9.17) is 5.11 Å². The smallest absolute Gasteiger partial charge is 0.335 e. The average Bonchev–Trinajstić information content (AvgIpc) is 2.36. The molecule has 6 nitrogen and oxygen atoms in total. The number of carbonyl (C=O) groups excluding carboxylic acids is 2. The van der Waals surface area contributed by atoms with Crippen LogP contribution in [0.1, 0.15) is 15.9 Å².